The van der Waals surface area contributed by atoms with Crippen LogP contribution in [0, 0.1) is 0 Å². The highest BCUT2D eigenvalue weighted by molar-refractivity contribution is 5.89. The van der Waals surface area contributed by atoms with E-state index in [1.807, 2.05) is 11.8 Å². The predicted octanol–water partition coefficient (Wildman–Crippen LogP) is 1.43. The molecule has 1 aliphatic heterocycles. The van der Waals surface area contributed by atoms with Crippen molar-refractivity contribution in [2.24, 2.45) is 5.73 Å². The minimum absolute atomic E-state index is 0.168. The molecule has 0 spiro atoms. The molecule has 2 N–H and O–H groups in total. The van der Waals surface area contributed by atoms with Gasteiger partial charge in [0, 0.05) is 24.7 Å². The van der Waals surface area contributed by atoms with E-state index in [-0.39, 0.29) is 18.0 Å². The number of hydrogen-bond donors (Lipinski definition) is 1. The van der Waals surface area contributed by atoms with Crippen LogP contribution in [-0.2, 0) is 4.79 Å². The Labute approximate surface area is 91.3 Å². The van der Waals surface area contributed by atoms with E-state index in [2.05, 4.69) is 0 Å². The molecule has 1 saturated carbocycles. The SMILES string of the molecule is CC1=CC(=O)N([C@@H]2CCCC[C@H]2N)CC1. The van der Waals surface area contributed by atoms with Crippen LogP contribution in [0.1, 0.15) is 39.0 Å². The maximum Gasteiger partial charge on any atom is 0.246 e. The largest absolute Gasteiger partial charge is 0.334 e. The third-order valence-corrected chi connectivity index (χ3v) is 3.58. The average Bonchev–Trinajstić information content (AvgIpc) is 2.20. The van der Waals surface area contributed by atoms with Gasteiger partial charge in [0.15, 0.2) is 0 Å². The lowest BCUT2D eigenvalue weighted by Crippen LogP contribution is -2.52. The minimum atomic E-state index is 0.168. The highest BCUT2D eigenvalue weighted by atomic mass is 16.2. The lowest BCUT2D eigenvalue weighted by Gasteiger charge is -2.39. The van der Waals surface area contributed by atoms with Crippen LogP contribution in [0.15, 0.2) is 11.6 Å². The zero-order valence-electron chi connectivity index (χ0n) is 9.41. The van der Waals surface area contributed by atoms with E-state index >= 15 is 0 Å². The monoisotopic (exact) mass is 208 g/mol. The van der Waals surface area contributed by atoms with Crippen LogP contribution in [0.3, 0.4) is 0 Å². The van der Waals surface area contributed by atoms with Crippen LogP contribution in [0.5, 0.6) is 0 Å². The molecule has 15 heavy (non-hydrogen) atoms. The molecule has 0 aromatic heterocycles. The van der Waals surface area contributed by atoms with E-state index in [1.165, 1.54) is 18.4 Å². The number of nitrogens with zero attached hydrogens (tertiary/aromatic N) is 1. The average molecular weight is 208 g/mol. The molecule has 0 aromatic carbocycles. The Morgan fingerprint density at radius 3 is 2.80 bits per heavy atom. The normalized spacial score (nSPS) is 32.8. The Balaban J connectivity index is 2.07. The maximum absolute atomic E-state index is 11.8. The summed E-state index contributed by atoms with van der Waals surface area (Å²) in [6.45, 7) is 2.88. The minimum Gasteiger partial charge on any atom is -0.334 e. The van der Waals surface area contributed by atoms with E-state index in [4.69, 9.17) is 5.73 Å². The molecule has 2 rings (SSSR count). The Bertz CT molecular complexity index is 285. The van der Waals surface area contributed by atoms with Gasteiger partial charge in [-0.3, -0.25) is 4.79 Å². The molecule has 0 aromatic rings. The van der Waals surface area contributed by atoms with Gasteiger partial charge < -0.3 is 10.6 Å². The fourth-order valence-electron chi connectivity index (χ4n) is 2.63. The summed E-state index contributed by atoms with van der Waals surface area (Å²) in [6, 6.07) is 0.477. The molecule has 0 unspecified atom stereocenters. The highest BCUT2D eigenvalue weighted by Gasteiger charge is 2.31. The summed E-state index contributed by atoms with van der Waals surface area (Å²) >= 11 is 0. The quantitative estimate of drug-likeness (QED) is 0.708. The van der Waals surface area contributed by atoms with Crippen molar-refractivity contribution in [3.63, 3.8) is 0 Å². The van der Waals surface area contributed by atoms with Crippen LogP contribution in [-0.4, -0.2) is 29.4 Å². The van der Waals surface area contributed by atoms with Crippen molar-refractivity contribution in [1.29, 1.82) is 0 Å². The van der Waals surface area contributed by atoms with Gasteiger partial charge in [0.2, 0.25) is 5.91 Å². The number of carbonyl (C=O) groups excluding carboxylic acids is 1. The molecule has 3 heteroatoms. The fourth-order valence-corrected chi connectivity index (χ4v) is 2.63. The zero-order valence-corrected chi connectivity index (χ0v) is 9.41. The van der Waals surface area contributed by atoms with Gasteiger partial charge in [0.1, 0.15) is 0 Å². The number of hydrogen-bond acceptors (Lipinski definition) is 2. The number of nitrogens with two attached hydrogens (primary N) is 1. The van der Waals surface area contributed by atoms with Crippen molar-refractivity contribution in [1.82, 2.24) is 4.90 Å². The molecule has 1 aliphatic carbocycles. The van der Waals surface area contributed by atoms with Gasteiger partial charge in [-0.2, -0.15) is 0 Å². The number of rotatable bonds is 1. The first-order chi connectivity index (χ1) is 7.18. The number of carbonyl (C=O) groups is 1. The lowest BCUT2D eigenvalue weighted by atomic mass is 9.89. The van der Waals surface area contributed by atoms with E-state index in [9.17, 15) is 4.79 Å². The number of amides is 1. The van der Waals surface area contributed by atoms with Crippen molar-refractivity contribution < 1.29 is 4.79 Å². The molecule has 2 atom stereocenters. The Morgan fingerprint density at radius 2 is 2.13 bits per heavy atom. The van der Waals surface area contributed by atoms with Crippen LogP contribution in [0.2, 0.25) is 0 Å². The summed E-state index contributed by atoms with van der Waals surface area (Å²) < 4.78 is 0. The Hall–Kier alpha value is -0.830. The molecule has 1 fully saturated rings. The lowest BCUT2D eigenvalue weighted by molar-refractivity contribution is -0.130. The van der Waals surface area contributed by atoms with Crippen LogP contribution in [0.25, 0.3) is 0 Å². The van der Waals surface area contributed by atoms with Gasteiger partial charge in [-0.15, -0.1) is 0 Å². The smallest absolute Gasteiger partial charge is 0.246 e. The molecular formula is C12H20N2O. The van der Waals surface area contributed by atoms with Gasteiger partial charge in [0.25, 0.3) is 0 Å². The van der Waals surface area contributed by atoms with Crippen molar-refractivity contribution in [2.45, 2.75) is 51.1 Å². The molecule has 84 valence electrons. The molecular weight excluding hydrogens is 188 g/mol. The van der Waals surface area contributed by atoms with E-state index in [1.54, 1.807) is 6.08 Å². The van der Waals surface area contributed by atoms with Crippen molar-refractivity contribution in [2.75, 3.05) is 6.54 Å². The molecule has 0 bridgehead atoms. The van der Waals surface area contributed by atoms with Crippen molar-refractivity contribution in [3.05, 3.63) is 11.6 Å². The summed E-state index contributed by atoms with van der Waals surface area (Å²) in [7, 11) is 0. The second kappa shape index (κ2) is 4.35. The summed E-state index contributed by atoms with van der Waals surface area (Å²) in [6.07, 6.45) is 7.36. The molecule has 0 radical (unpaired) electrons. The summed E-state index contributed by atoms with van der Waals surface area (Å²) in [4.78, 5) is 13.8. The second-order valence-corrected chi connectivity index (χ2v) is 4.79. The van der Waals surface area contributed by atoms with Gasteiger partial charge in [-0.25, -0.2) is 0 Å². The molecule has 1 amide bonds. The Kier molecular flexibility index (Phi) is 3.10. The molecule has 3 nitrogen and oxygen atoms in total. The first kappa shape index (κ1) is 10.7. The van der Waals surface area contributed by atoms with Gasteiger partial charge >= 0.3 is 0 Å². The van der Waals surface area contributed by atoms with Crippen LogP contribution in [0.4, 0.5) is 0 Å². The van der Waals surface area contributed by atoms with E-state index < -0.39 is 0 Å². The van der Waals surface area contributed by atoms with Gasteiger partial charge in [-0.05, 0) is 26.2 Å². The third-order valence-electron chi connectivity index (χ3n) is 3.58. The summed E-state index contributed by atoms with van der Waals surface area (Å²) in [5.41, 5.74) is 7.29. The maximum atomic E-state index is 11.8. The van der Waals surface area contributed by atoms with E-state index in [0.29, 0.717) is 0 Å². The van der Waals surface area contributed by atoms with Crippen molar-refractivity contribution >= 4 is 5.91 Å². The van der Waals surface area contributed by atoms with Crippen molar-refractivity contribution in [3.8, 4) is 0 Å². The second-order valence-electron chi connectivity index (χ2n) is 4.79. The molecule has 0 saturated heterocycles. The third kappa shape index (κ3) is 2.23. The Morgan fingerprint density at radius 1 is 1.40 bits per heavy atom. The molecule has 2 aliphatic rings. The fraction of sp³-hybridized carbons (Fsp3) is 0.750. The topological polar surface area (TPSA) is 46.3 Å². The van der Waals surface area contributed by atoms with Crippen LogP contribution >= 0.6 is 0 Å². The van der Waals surface area contributed by atoms with Gasteiger partial charge in [0.05, 0.1) is 0 Å². The van der Waals surface area contributed by atoms with Gasteiger partial charge in [-0.1, -0.05) is 18.4 Å². The van der Waals surface area contributed by atoms with E-state index in [0.717, 1.165) is 25.8 Å². The molecule has 1 heterocycles. The van der Waals surface area contributed by atoms with Crippen LogP contribution < -0.4 is 5.73 Å². The first-order valence-electron chi connectivity index (χ1n) is 5.92. The highest BCUT2D eigenvalue weighted by Crippen LogP contribution is 2.24. The summed E-state index contributed by atoms with van der Waals surface area (Å²) in [5, 5.41) is 0. The standard InChI is InChI=1S/C12H20N2O/c1-9-6-7-14(12(15)8-9)11-5-3-2-4-10(11)13/h8,10-11H,2-7,13H2,1H3/t10-,11-/m1/s1. The first-order valence-corrected chi connectivity index (χ1v) is 5.92. The summed E-state index contributed by atoms with van der Waals surface area (Å²) in [5.74, 6) is 0.168. The predicted molar refractivity (Wildman–Crippen MR) is 60.3 cm³/mol. The zero-order chi connectivity index (χ0) is 10.8.